The van der Waals surface area contributed by atoms with Crippen LogP contribution in [0.5, 0.6) is 0 Å². The van der Waals surface area contributed by atoms with E-state index in [0.717, 1.165) is 10.7 Å². The van der Waals surface area contributed by atoms with Gasteiger partial charge in [-0.3, -0.25) is 0 Å². The van der Waals surface area contributed by atoms with E-state index in [1.807, 2.05) is 20.8 Å². The van der Waals surface area contributed by atoms with Crippen molar-refractivity contribution in [3.8, 4) is 0 Å². The van der Waals surface area contributed by atoms with Crippen LogP contribution in [0.2, 0.25) is 0 Å². The van der Waals surface area contributed by atoms with Gasteiger partial charge in [-0.25, -0.2) is 13.4 Å². The van der Waals surface area contributed by atoms with Crippen LogP contribution < -0.4 is 5.32 Å². The maximum atomic E-state index is 11.1. The van der Waals surface area contributed by atoms with Crippen molar-refractivity contribution < 1.29 is 8.42 Å². The SMILES string of the molecule is Cc1nc(CNC(C)CS(C)(=O)=O)c(C)s1. The first-order valence-electron chi connectivity index (χ1n) is 5.12. The van der Waals surface area contributed by atoms with E-state index in [0.29, 0.717) is 6.54 Å². The predicted octanol–water partition coefficient (Wildman–Crippen LogP) is 1.28. The van der Waals surface area contributed by atoms with Crippen molar-refractivity contribution in [2.24, 2.45) is 0 Å². The molecular formula is C10H18N2O2S2. The summed E-state index contributed by atoms with van der Waals surface area (Å²) in [6.45, 7) is 6.51. The van der Waals surface area contributed by atoms with Crippen LogP contribution in [0.4, 0.5) is 0 Å². The minimum atomic E-state index is -2.91. The Balaban J connectivity index is 2.49. The Bertz CT molecular complexity index is 451. The number of aromatic nitrogens is 1. The lowest BCUT2D eigenvalue weighted by atomic mass is 10.3. The summed E-state index contributed by atoms with van der Waals surface area (Å²) in [7, 11) is -2.91. The Morgan fingerprint density at radius 1 is 1.44 bits per heavy atom. The molecule has 1 heterocycles. The van der Waals surface area contributed by atoms with Crippen LogP contribution in [-0.2, 0) is 16.4 Å². The van der Waals surface area contributed by atoms with Crippen molar-refractivity contribution in [3.05, 3.63) is 15.6 Å². The number of hydrogen-bond acceptors (Lipinski definition) is 5. The van der Waals surface area contributed by atoms with Crippen LogP contribution in [-0.4, -0.2) is 31.5 Å². The largest absolute Gasteiger partial charge is 0.308 e. The van der Waals surface area contributed by atoms with Crippen LogP contribution >= 0.6 is 11.3 Å². The van der Waals surface area contributed by atoms with Gasteiger partial charge in [-0.05, 0) is 20.8 Å². The molecule has 16 heavy (non-hydrogen) atoms. The average molecular weight is 262 g/mol. The molecule has 0 saturated heterocycles. The minimum Gasteiger partial charge on any atom is -0.308 e. The number of hydrogen-bond donors (Lipinski definition) is 1. The van der Waals surface area contributed by atoms with Crippen LogP contribution in [0.3, 0.4) is 0 Å². The summed E-state index contributed by atoms with van der Waals surface area (Å²) in [6, 6.07) is -0.0450. The molecule has 0 radical (unpaired) electrons. The molecule has 6 heteroatoms. The Hall–Kier alpha value is -0.460. The summed E-state index contributed by atoms with van der Waals surface area (Å²) in [4.78, 5) is 5.58. The van der Waals surface area contributed by atoms with Crippen molar-refractivity contribution in [2.45, 2.75) is 33.4 Å². The predicted molar refractivity (Wildman–Crippen MR) is 67.6 cm³/mol. The number of sulfone groups is 1. The molecule has 0 aliphatic carbocycles. The molecule has 1 aromatic heterocycles. The first kappa shape index (κ1) is 13.6. The smallest absolute Gasteiger partial charge is 0.148 e. The molecule has 0 amide bonds. The summed E-state index contributed by atoms with van der Waals surface area (Å²) in [5.41, 5.74) is 1.02. The molecule has 1 atom stereocenters. The molecule has 0 aromatic carbocycles. The maximum absolute atomic E-state index is 11.1. The zero-order valence-electron chi connectivity index (χ0n) is 10.1. The van der Waals surface area contributed by atoms with E-state index in [1.54, 1.807) is 11.3 Å². The second-order valence-corrected chi connectivity index (χ2v) is 7.70. The van der Waals surface area contributed by atoms with Crippen molar-refractivity contribution in [1.82, 2.24) is 10.3 Å². The molecule has 4 nitrogen and oxygen atoms in total. The van der Waals surface area contributed by atoms with Gasteiger partial charge in [0.25, 0.3) is 0 Å². The lowest BCUT2D eigenvalue weighted by molar-refractivity contribution is 0.556. The molecule has 1 N–H and O–H groups in total. The number of aryl methyl sites for hydroxylation is 2. The van der Waals surface area contributed by atoms with Crippen LogP contribution in [0.1, 0.15) is 22.5 Å². The highest BCUT2D eigenvalue weighted by Crippen LogP contribution is 2.16. The fourth-order valence-corrected chi connectivity index (χ4v) is 3.38. The first-order valence-corrected chi connectivity index (χ1v) is 7.99. The molecule has 0 aliphatic rings. The van der Waals surface area contributed by atoms with Crippen molar-refractivity contribution in [1.29, 1.82) is 0 Å². The van der Waals surface area contributed by atoms with E-state index in [1.165, 1.54) is 11.1 Å². The fraction of sp³-hybridized carbons (Fsp3) is 0.700. The van der Waals surface area contributed by atoms with Gasteiger partial charge in [-0.2, -0.15) is 0 Å². The van der Waals surface area contributed by atoms with Crippen LogP contribution in [0, 0.1) is 13.8 Å². The third-order valence-corrected chi connectivity index (χ3v) is 4.20. The Kier molecular flexibility index (Phi) is 4.46. The molecule has 0 spiro atoms. The van der Waals surface area contributed by atoms with Crippen molar-refractivity contribution >= 4 is 21.2 Å². The quantitative estimate of drug-likeness (QED) is 0.868. The molecular weight excluding hydrogens is 244 g/mol. The van der Waals surface area contributed by atoms with Gasteiger partial charge < -0.3 is 5.32 Å². The second kappa shape index (κ2) is 5.25. The van der Waals surface area contributed by atoms with Crippen LogP contribution in [0.15, 0.2) is 0 Å². The third-order valence-electron chi connectivity index (χ3n) is 2.17. The van der Waals surface area contributed by atoms with Gasteiger partial charge >= 0.3 is 0 Å². The Morgan fingerprint density at radius 3 is 2.50 bits per heavy atom. The van der Waals surface area contributed by atoms with Crippen LogP contribution in [0.25, 0.3) is 0 Å². The fourth-order valence-electron chi connectivity index (χ4n) is 1.52. The van der Waals surface area contributed by atoms with Gasteiger partial charge in [0.1, 0.15) is 9.84 Å². The van der Waals surface area contributed by atoms with Gasteiger partial charge in [0.2, 0.25) is 0 Å². The molecule has 1 rings (SSSR count). The summed E-state index contributed by atoms with van der Waals surface area (Å²) in [5.74, 6) is 0.162. The Morgan fingerprint density at radius 2 is 2.06 bits per heavy atom. The molecule has 0 saturated carbocycles. The highest BCUT2D eigenvalue weighted by atomic mass is 32.2. The van der Waals surface area contributed by atoms with Crippen molar-refractivity contribution in [3.63, 3.8) is 0 Å². The molecule has 0 bridgehead atoms. The lowest BCUT2D eigenvalue weighted by Gasteiger charge is -2.11. The number of nitrogens with one attached hydrogen (secondary N) is 1. The molecule has 0 fully saturated rings. The van der Waals surface area contributed by atoms with E-state index in [-0.39, 0.29) is 11.8 Å². The molecule has 1 aromatic rings. The standard InChI is InChI=1S/C10H18N2O2S2/c1-7(6-16(4,13)14)11-5-10-8(2)15-9(3)12-10/h7,11H,5-6H2,1-4H3. The van der Waals surface area contributed by atoms with Crippen molar-refractivity contribution in [2.75, 3.05) is 12.0 Å². The summed E-state index contributed by atoms with van der Waals surface area (Å²) in [6.07, 6.45) is 1.25. The monoisotopic (exact) mass is 262 g/mol. The van der Waals surface area contributed by atoms with Gasteiger partial charge in [0.05, 0.1) is 16.5 Å². The molecule has 1 unspecified atom stereocenters. The van der Waals surface area contributed by atoms with Gasteiger partial charge in [0, 0.05) is 23.7 Å². The number of thiazole rings is 1. The summed E-state index contributed by atoms with van der Waals surface area (Å²) >= 11 is 1.66. The zero-order chi connectivity index (χ0) is 12.3. The molecule has 92 valence electrons. The normalized spacial score (nSPS) is 14.0. The topological polar surface area (TPSA) is 59.1 Å². The molecule has 0 aliphatic heterocycles. The van der Waals surface area contributed by atoms with E-state index in [9.17, 15) is 8.42 Å². The summed E-state index contributed by atoms with van der Waals surface area (Å²) < 4.78 is 22.1. The second-order valence-electron chi connectivity index (χ2n) is 4.11. The van der Waals surface area contributed by atoms with E-state index < -0.39 is 9.84 Å². The lowest BCUT2D eigenvalue weighted by Crippen LogP contribution is -2.32. The zero-order valence-corrected chi connectivity index (χ0v) is 11.7. The van der Waals surface area contributed by atoms with E-state index in [2.05, 4.69) is 10.3 Å². The first-order chi connectivity index (χ1) is 7.28. The van der Waals surface area contributed by atoms with E-state index >= 15 is 0 Å². The third kappa shape index (κ3) is 4.59. The average Bonchev–Trinajstić information content (AvgIpc) is 2.38. The van der Waals surface area contributed by atoms with Gasteiger partial charge in [0.15, 0.2) is 0 Å². The van der Waals surface area contributed by atoms with Gasteiger partial charge in [-0.1, -0.05) is 0 Å². The summed E-state index contributed by atoms with van der Waals surface area (Å²) in [5, 5.41) is 4.22. The highest BCUT2D eigenvalue weighted by Gasteiger charge is 2.11. The maximum Gasteiger partial charge on any atom is 0.148 e. The minimum absolute atomic E-state index is 0.0450. The Labute approximate surface area is 101 Å². The van der Waals surface area contributed by atoms with E-state index in [4.69, 9.17) is 0 Å². The highest BCUT2D eigenvalue weighted by molar-refractivity contribution is 7.90. The number of nitrogens with zero attached hydrogens (tertiary/aromatic N) is 1. The van der Waals surface area contributed by atoms with Gasteiger partial charge in [-0.15, -0.1) is 11.3 Å². The number of rotatable bonds is 5.